The summed E-state index contributed by atoms with van der Waals surface area (Å²) in [5, 5.41) is 3.02. The number of ether oxygens (including phenoxy) is 1. The molecule has 0 aliphatic heterocycles. The predicted molar refractivity (Wildman–Crippen MR) is 289 cm³/mol. The monoisotopic (exact) mass is 979 g/mol. The SMILES string of the molecule is CC/C=C/C/C=C/CCCCCCCCCC(=O)OC(/C=C/CCCCCCCCCCCC)C(COP(=O)([O-])OCC[N+](C)(C)C)NC(=O)CCCCCCCCCCCCCCCCCC. The molecule has 1 amide bonds. The minimum atomic E-state index is -4.69. The lowest BCUT2D eigenvalue weighted by atomic mass is 10.0. The highest BCUT2D eigenvalue weighted by Crippen LogP contribution is 2.38. The average molecular weight is 980 g/mol. The first-order valence-electron chi connectivity index (χ1n) is 28.8. The smallest absolute Gasteiger partial charge is 0.306 e. The predicted octanol–water partition coefficient (Wildman–Crippen LogP) is 16.5. The second kappa shape index (κ2) is 48.8. The fraction of sp³-hybridized carbons (Fsp3) is 0.862. The summed E-state index contributed by atoms with van der Waals surface area (Å²) in [7, 11) is 1.19. The van der Waals surface area contributed by atoms with Crippen LogP contribution < -0.4 is 10.2 Å². The fourth-order valence-corrected chi connectivity index (χ4v) is 9.11. The third kappa shape index (κ3) is 49.2. The van der Waals surface area contributed by atoms with Gasteiger partial charge in [-0.2, -0.15) is 0 Å². The zero-order valence-corrected chi connectivity index (χ0v) is 46.5. The number of carbonyl (C=O) groups is 2. The van der Waals surface area contributed by atoms with E-state index in [9.17, 15) is 19.0 Å². The lowest BCUT2D eigenvalue weighted by Crippen LogP contribution is -2.47. The number of nitrogens with one attached hydrogen (secondary N) is 1. The summed E-state index contributed by atoms with van der Waals surface area (Å²) in [6, 6.07) is -0.886. The summed E-state index contributed by atoms with van der Waals surface area (Å²) in [4.78, 5) is 39.8. The van der Waals surface area contributed by atoms with Crippen molar-refractivity contribution in [2.45, 2.75) is 283 Å². The van der Waals surface area contributed by atoms with Gasteiger partial charge in [-0.3, -0.25) is 14.2 Å². The molecule has 3 unspecified atom stereocenters. The molecule has 1 N–H and O–H groups in total. The van der Waals surface area contributed by atoms with Gasteiger partial charge in [0.1, 0.15) is 19.3 Å². The summed E-state index contributed by atoms with van der Waals surface area (Å²) >= 11 is 0. The van der Waals surface area contributed by atoms with Crippen molar-refractivity contribution in [3.05, 3.63) is 36.5 Å². The first-order valence-corrected chi connectivity index (χ1v) is 30.3. The Morgan fingerprint density at radius 3 is 1.40 bits per heavy atom. The lowest BCUT2D eigenvalue weighted by Gasteiger charge is -2.30. The third-order valence-electron chi connectivity index (χ3n) is 12.8. The number of likely N-dealkylation sites (N-methyl/N-ethyl adjacent to an activating group) is 1. The molecule has 0 aliphatic rings. The fourth-order valence-electron chi connectivity index (χ4n) is 8.38. The van der Waals surface area contributed by atoms with Gasteiger partial charge in [0.2, 0.25) is 5.91 Å². The molecule has 0 aromatic carbocycles. The highest BCUT2D eigenvalue weighted by Gasteiger charge is 2.27. The van der Waals surface area contributed by atoms with E-state index in [4.69, 9.17) is 13.8 Å². The normalized spacial score (nSPS) is 14.0. The number of quaternary nitrogens is 1. The molecule has 3 atom stereocenters. The van der Waals surface area contributed by atoms with E-state index >= 15 is 0 Å². The Morgan fingerprint density at radius 2 is 0.941 bits per heavy atom. The second-order valence-corrected chi connectivity index (χ2v) is 22.2. The van der Waals surface area contributed by atoms with E-state index in [-0.39, 0.29) is 31.5 Å². The molecule has 0 fully saturated rings. The number of phosphoric acid groups is 1. The van der Waals surface area contributed by atoms with Gasteiger partial charge in [0.15, 0.2) is 0 Å². The van der Waals surface area contributed by atoms with Gasteiger partial charge < -0.3 is 28.5 Å². The standard InChI is InChI=1S/C58H111N2O7P/c1-7-10-13-16-19-22-25-28-30-31-32-35-38-41-44-47-50-57(61)59-55(54-66-68(63,64)65-53-52-60(4,5)6)56(49-46-43-40-37-34-27-24-21-18-15-12-9-3)67-58(62)51-48-45-42-39-36-33-29-26-23-20-17-14-11-8-2/h11,14,20,23,46,49,55-56H,7-10,12-13,15-19,21-22,24-45,47-48,50-54H2,1-6H3,(H-,59,61,63,64)/b14-11+,23-20+,49-46+. The van der Waals surface area contributed by atoms with Gasteiger partial charge in [-0.1, -0.05) is 237 Å². The van der Waals surface area contributed by atoms with Crippen LogP contribution in [0.4, 0.5) is 0 Å². The van der Waals surface area contributed by atoms with Crippen molar-refractivity contribution in [1.29, 1.82) is 0 Å². The summed E-state index contributed by atoms with van der Waals surface area (Å²) in [6.45, 7) is 6.75. The highest BCUT2D eigenvalue weighted by molar-refractivity contribution is 7.45. The van der Waals surface area contributed by atoms with Gasteiger partial charge in [0, 0.05) is 12.8 Å². The average Bonchev–Trinajstić information content (AvgIpc) is 3.29. The van der Waals surface area contributed by atoms with Crippen LogP contribution in [-0.2, 0) is 27.9 Å². The molecule has 0 rings (SSSR count). The van der Waals surface area contributed by atoms with Crippen molar-refractivity contribution < 1.29 is 37.3 Å². The van der Waals surface area contributed by atoms with Gasteiger partial charge in [-0.15, -0.1) is 0 Å². The molecule has 0 radical (unpaired) electrons. The molecule has 10 heteroatoms. The Hall–Kier alpha value is -1.77. The molecule has 68 heavy (non-hydrogen) atoms. The molecule has 0 saturated carbocycles. The van der Waals surface area contributed by atoms with E-state index in [2.05, 4.69) is 50.4 Å². The molecule has 0 bridgehead atoms. The molecule has 0 saturated heterocycles. The van der Waals surface area contributed by atoms with E-state index in [1.807, 2.05) is 33.3 Å². The van der Waals surface area contributed by atoms with Crippen LogP contribution in [0, 0.1) is 0 Å². The first kappa shape index (κ1) is 66.2. The quantitative estimate of drug-likeness (QED) is 0.0212. The number of phosphoric ester groups is 1. The Labute approximate surface area is 421 Å². The number of hydrogen-bond acceptors (Lipinski definition) is 7. The number of hydrogen-bond donors (Lipinski definition) is 1. The van der Waals surface area contributed by atoms with E-state index in [0.717, 1.165) is 83.5 Å². The molecule has 0 heterocycles. The van der Waals surface area contributed by atoms with E-state index < -0.39 is 20.0 Å². The highest BCUT2D eigenvalue weighted by atomic mass is 31.2. The van der Waals surface area contributed by atoms with Crippen LogP contribution in [0.25, 0.3) is 0 Å². The van der Waals surface area contributed by atoms with Crippen LogP contribution in [-0.4, -0.2) is 69.4 Å². The largest absolute Gasteiger partial charge is 0.756 e. The Bertz CT molecular complexity index is 1270. The number of carbonyl (C=O) groups excluding carboxylic acids is 2. The zero-order chi connectivity index (χ0) is 50.1. The van der Waals surface area contributed by atoms with E-state index in [0.29, 0.717) is 17.4 Å². The van der Waals surface area contributed by atoms with Crippen molar-refractivity contribution in [3.8, 4) is 0 Å². The topological polar surface area (TPSA) is 114 Å². The van der Waals surface area contributed by atoms with Gasteiger partial charge in [-0.25, -0.2) is 0 Å². The lowest BCUT2D eigenvalue weighted by molar-refractivity contribution is -0.870. The van der Waals surface area contributed by atoms with Crippen molar-refractivity contribution >= 4 is 19.7 Å². The van der Waals surface area contributed by atoms with Gasteiger partial charge in [0.05, 0.1) is 33.8 Å². The molecule has 0 spiro atoms. The number of rotatable bonds is 52. The van der Waals surface area contributed by atoms with Crippen LogP contribution >= 0.6 is 7.82 Å². The maximum absolute atomic E-state index is 13.5. The van der Waals surface area contributed by atoms with Crippen LogP contribution in [0.2, 0.25) is 0 Å². The Morgan fingerprint density at radius 1 is 0.529 bits per heavy atom. The molecule has 0 aliphatic carbocycles. The number of unbranched alkanes of at least 4 members (excludes halogenated alkanes) is 32. The summed E-state index contributed by atoms with van der Waals surface area (Å²) in [5.74, 6) is -0.541. The molecule has 9 nitrogen and oxygen atoms in total. The van der Waals surface area contributed by atoms with Crippen molar-refractivity contribution in [2.24, 2.45) is 0 Å². The molecule has 0 aromatic heterocycles. The summed E-state index contributed by atoms with van der Waals surface area (Å²) in [5.41, 5.74) is 0. The van der Waals surface area contributed by atoms with E-state index in [1.165, 1.54) is 154 Å². The van der Waals surface area contributed by atoms with Crippen molar-refractivity contribution in [3.63, 3.8) is 0 Å². The third-order valence-corrected chi connectivity index (χ3v) is 13.8. The molecule has 0 aromatic rings. The van der Waals surface area contributed by atoms with Crippen molar-refractivity contribution in [1.82, 2.24) is 5.32 Å². The van der Waals surface area contributed by atoms with Crippen molar-refractivity contribution in [2.75, 3.05) is 40.9 Å². The first-order chi connectivity index (χ1) is 32.9. The summed E-state index contributed by atoms with van der Waals surface area (Å²) in [6.07, 6.45) is 56.7. The van der Waals surface area contributed by atoms with E-state index in [1.54, 1.807) is 0 Å². The van der Waals surface area contributed by atoms with Gasteiger partial charge in [-0.05, 0) is 57.4 Å². The molecular formula is C58H111N2O7P. The van der Waals surface area contributed by atoms with Crippen LogP contribution in [0.3, 0.4) is 0 Å². The van der Waals surface area contributed by atoms with Gasteiger partial charge in [0.25, 0.3) is 7.82 Å². The Balaban J connectivity index is 5.32. The molecule has 400 valence electrons. The summed E-state index contributed by atoms with van der Waals surface area (Å²) < 4.78 is 30.2. The number of esters is 1. The number of allylic oxidation sites excluding steroid dienone is 5. The van der Waals surface area contributed by atoms with Gasteiger partial charge >= 0.3 is 5.97 Å². The minimum Gasteiger partial charge on any atom is -0.756 e. The van der Waals surface area contributed by atoms with Crippen LogP contribution in [0.1, 0.15) is 271 Å². The zero-order valence-electron chi connectivity index (χ0n) is 45.6. The molecular weight excluding hydrogens is 868 g/mol. The number of amides is 1. The minimum absolute atomic E-state index is 0.0216. The van der Waals surface area contributed by atoms with Crippen LogP contribution in [0.5, 0.6) is 0 Å². The second-order valence-electron chi connectivity index (χ2n) is 20.8. The Kier molecular flexibility index (Phi) is 47.6. The maximum Gasteiger partial charge on any atom is 0.306 e. The van der Waals surface area contributed by atoms with Crippen LogP contribution in [0.15, 0.2) is 36.5 Å². The maximum atomic E-state index is 13.5. The number of nitrogens with zero attached hydrogens (tertiary/aromatic N) is 1.